The van der Waals surface area contributed by atoms with E-state index in [0.717, 1.165) is 31.0 Å². The summed E-state index contributed by atoms with van der Waals surface area (Å²) in [5, 5.41) is 11.7. The standard InChI is InChI=1S/C39H48F2N6O7.CH4O3S/c1-4-26-19-27(8-7-24(26)2)42-32-21-33(49)46(39(52)43-32)12-6-5-11-44-13-14-45(22-25(44)3)36-31(40)20-29-35(34(36)41)47(28-9-10-28)23-30(37(29)50)38(51)54-18-17-53-16-15-48;1-5(2,3)4/h7-8,19-21,23,25,28,42,48H,4-6,9-18,22H2,1-3H3,(H,43,52);1H3,(H,2,3,4). The highest BCUT2D eigenvalue weighted by atomic mass is 32.2. The molecule has 4 aromatic rings. The van der Waals surface area contributed by atoms with Crippen molar-refractivity contribution in [2.75, 3.05) is 69.1 Å². The smallest absolute Gasteiger partial charge is 0.343 e. The molecule has 1 unspecified atom stereocenters. The van der Waals surface area contributed by atoms with E-state index in [-0.39, 0.29) is 67.2 Å². The quantitative estimate of drug-likeness (QED) is 0.0722. The molecule has 1 aliphatic heterocycles. The highest BCUT2D eigenvalue weighted by Crippen LogP contribution is 2.40. The lowest BCUT2D eigenvalue weighted by molar-refractivity contribution is 0.0256. The highest BCUT2D eigenvalue weighted by molar-refractivity contribution is 7.85. The van der Waals surface area contributed by atoms with E-state index in [9.17, 15) is 27.6 Å². The molecule has 2 aliphatic rings. The van der Waals surface area contributed by atoms with Gasteiger partial charge in [0.15, 0.2) is 5.82 Å². The molecule has 2 aromatic heterocycles. The van der Waals surface area contributed by atoms with Crippen molar-refractivity contribution in [3.8, 4) is 0 Å². The van der Waals surface area contributed by atoms with Crippen LogP contribution in [0.3, 0.4) is 0 Å². The summed E-state index contributed by atoms with van der Waals surface area (Å²) in [5.41, 5.74) is 0.899. The summed E-state index contributed by atoms with van der Waals surface area (Å²) in [7, 11) is -3.67. The van der Waals surface area contributed by atoms with Gasteiger partial charge < -0.3 is 29.4 Å². The van der Waals surface area contributed by atoms with Crippen LogP contribution >= 0.6 is 0 Å². The summed E-state index contributed by atoms with van der Waals surface area (Å²) in [5.74, 6) is -2.30. The van der Waals surface area contributed by atoms with Gasteiger partial charge in [0, 0.05) is 56.2 Å². The second kappa shape index (κ2) is 19.9. The number of benzene rings is 2. The fraction of sp³-hybridized carbons (Fsp3) is 0.500. The number of pyridine rings is 1. The number of carbonyl (C=O) groups excluding carboxylic acids is 1. The molecule has 2 aromatic carbocycles. The largest absolute Gasteiger partial charge is 0.459 e. The van der Waals surface area contributed by atoms with Crippen molar-refractivity contribution in [1.82, 2.24) is 19.0 Å². The Bertz CT molecular complexity index is 2390. The molecule has 4 N–H and O–H groups in total. The topological polar surface area (TPSA) is 205 Å². The normalized spacial score (nSPS) is 15.9. The summed E-state index contributed by atoms with van der Waals surface area (Å²) in [6.07, 6.45) is 5.63. The van der Waals surface area contributed by atoms with Crippen LogP contribution in [0.5, 0.6) is 0 Å². The maximum Gasteiger partial charge on any atom is 0.343 e. The number of aliphatic hydroxyl groups excluding tert-OH is 1. The molecule has 1 saturated heterocycles. The van der Waals surface area contributed by atoms with Crippen molar-refractivity contribution in [3.63, 3.8) is 0 Å². The zero-order chi connectivity index (χ0) is 43.0. The Morgan fingerprint density at radius 3 is 2.39 bits per heavy atom. The Labute approximate surface area is 340 Å². The number of rotatable bonds is 16. The minimum absolute atomic E-state index is 0.0273. The van der Waals surface area contributed by atoms with Crippen LogP contribution in [0.15, 0.2) is 50.9 Å². The Morgan fingerprint density at radius 1 is 1.03 bits per heavy atom. The monoisotopic (exact) mass is 846 g/mol. The third-order valence-corrected chi connectivity index (χ3v) is 10.2. The molecule has 1 atom stereocenters. The minimum atomic E-state index is -3.67. The number of halogens is 2. The van der Waals surface area contributed by atoms with Crippen LogP contribution in [0.2, 0.25) is 0 Å². The third-order valence-electron chi connectivity index (χ3n) is 10.2. The van der Waals surface area contributed by atoms with Gasteiger partial charge in [0.05, 0.1) is 37.0 Å². The van der Waals surface area contributed by atoms with Crippen LogP contribution in [0.25, 0.3) is 10.9 Å². The number of esters is 1. The Hall–Kier alpha value is -4.95. The number of aryl methyl sites for hydroxylation is 2. The maximum absolute atomic E-state index is 16.4. The number of fused-ring (bicyclic) bond motifs is 1. The first kappa shape index (κ1) is 45.1. The van der Waals surface area contributed by atoms with Crippen molar-refractivity contribution in [3.05, 3.63) is 95.9 Å². The van der Waals surface area contributed by atoms with Crippen LogP contribution in [0.4, 0.5) is 26.0 Å². The van der Waals surface area contributed by atoms with Gasteiger partial charge in [0.1, 0.15) is 29.5 Å². The fourth-order valence-corrected chi connectivity index (χ4v) is 7.15. The summed E-state index contributed by atoms with van der Waals surface area (Å²) >= 11 is 0. The van der Waals surface area contributed by atoms with E-state index in [2.05, 4.69) is 22.1 Å². The van der Waals surface area contributed by atoms with Crippen molar-refractivity contribution in [1.29, 1.82) is 0 Å². The number of hydrogen-bond acceptors (Lipinski definition) is 12. The summed E-state index contributed by atoms with van der Waals surface area (Å²) < 4.78 is 71.0. The predicted octanol–water partition coefficient (Wildman–Crippen LogP) is 3.74. The second-order valence-corrected chi connectivity index (χ2v) is 16.2. The number of H-pyrrole nitrogens is 1. The van der Waals surface area contributed by atoms with E-state index in [4.69, 9.17) is 19.1 Å². The lowest BCUT2D eigenvalue weighted by atomic mass is 10.1. The van der Waals surface area contributed by atoms with Crippen molar-refractivity contribution in [2.45, 2.75) is 71.5 Å². The molecule has 0 radical (unpaired) electrons. The number of anilines is 3. The van der Waals surface area contributed by atoms with Crippen molar-refractivity contribution in [2.24, 2.45) is 0 Å². The van der Waals surface area contributed by atoms with E-state index in [1.807, 2.05) is 32.0 Å². The molecule has 0 bridgehead atoms. The van der Waals surface area contributed by atoms with Gasteiger partial charge in [-0.15, -0.1) is 0 Å². The minimum Gasteiger partial charge on any atom is -0.459 e. The Balaban J connectivity index is 0.00000125. The van der Waals surface area contributed by atoms with E-state index in [0.29, 0.717) is 51.1 Å². The SMILES string of the molecule is CCc1cc(Nc2cc(=O)n(CCCCN3CCN(c4c(F)cc5c(=O)c(C(=O)OCCOCCO)cn(C6CC6)c5c4F)CC3C)c(=O)[nH]2)ccc1C.CS(=O)(=O)O. The van der Waals surface area contributed by atoms with E-state index >= 15 is 8.78 Å². The molecule has 59 heavy (non-hydrogen) atoms. The van der Waals surface area contributed by atoms with Gasteiger partial charge in [-0.25, -0.2) is 18.4 Å². The molecular formula is C40H52F2N6O10S. The molecular weight excluding hydrogens is 795 g/mol. The van der Waals surface area contributed by atoms with E-state index in [1.165, 1.54) is 28.0 Å². The zero-order valence-corrected chi connectivity index (χ0v) is 34.4. The van der Waals surface area contributed by atoms with Crippen LogP contribution in [-0.2, 0) is 32.6 Å². The van der Waals surface area contributed by atoms with E-state index in [1.54, 1.807) is 9.47 Å². The number of aliphatic hydroxyl groups is 1. The zero-order valence-electron chi connectivity index (χ0n) is 33.6. The fourth-order valence-electron chi connectivity index (χ4n) is 7.15. The maximum atomic E-state index is 16.4. The average molecular weight is 847 g/mol. The van der Waals surface area contributed by atoms with Crippen LogP contribution < -0.4 is 26.9 Å². The molecule has 2 fully saturated rings. The number of aromatic amines is 1. The number of unbranched alkanes of at least 4 members (excludes halogenated alkanes) is 1. The number of nitrogens with zero attached hydrogens (tertiary/aromatic N) is 4. The molecule has 3 heterocycles. The predicted molar refractivity (Wildman–Crippen MR) is 220 cm³/mol. The second-order valence-electron chi connectivity index (χ2n) is 14.8. The molecule has 6 rings (SSSR count). The van der Waals surface area contributed by atoms with E-state index < -0.39 is 44.4 Å². The molecule has 0 spiro atoms. The number of ether oxygens (including phenoxy) is 2. The summed E-state index contributed by atoms with van der Waals surface area (Å²) in [6, 6.07) is 8.10. The molecule has 19 heteroatoms. The average Bonchev–Trinajstić information content (AvgIpc) is 4.01. The van der Waals surface area contributed by atoms with Crippen LogP contribution in [-0.4, -0.2) is 108 Å². The first-order valence-electron chi connectivity index (χ1n) is 19.5. The van der Waals surface area contributed by atoms with Crippen molar-refractivity contribution < 1.29 is 41.1 Å². The number of hydrogen-bond donors (Lipinski definition) is 4. The van der Waals surface area contributed by atoms with Gasteiger partial charge in [-0.05, 0) is 81.8 Å². The summed E-state index contributed by atoms with van der Waals surface area (Å²) in [4.78, 5) is 58.5. The molecule has 16 nitrogen and oxygen atoms in total. The highest BCUT2D eigenvalue weighted by Gasteiger charge is 2.33. The molecule has 0 amide bonds. The first-order chi connectivity index (χ1) is 28.0. The van der Waals surface area contributed by atoms with Crippen LogP contribution in [0.1, 0.15) is 67.1 Å². The van der Waals surface area contributed by atoms with Gasteiger partial charge >= 0.3 is 11.7 Å². The van der Waals surface area contributed by atoms with Crippen molar-refractivity contribution >= 4 is 44.2 Å². The lowest BCUT2D eigenvalue weighted by Gasteiger charge is -2.41. The van der Waals surface area contributed by atoms with Gasteiger partial charge in [-0.1, -0.05) is 13.0 Å². The summed E-state index contributed by atoms with van der Waals surface area (Å²) in [6.45, 7) is 8.00. The Kier molecular flexibility index (Phi) is 15.2. The molecule has 322 valence electrons. The Morgan fingerprint density at radius 2 is 1.75 bits per heavy atom. The van der Waals surface area contributed by atoms with Crippen LogP contribution in [0, 0.1) is 18.6 Å². The van der Waals surface area contributed by atoms with Gasteiger partial charge in [0.25, 0.3) is 15.7 Å². The number of nitrogens with one attached hydrogen (secondary N) is 2. The number of aromatic nitrogens is 3. The molecule has 1 saturated carbocycles. The third kappa shape index (κ3) is 11.8. The number of carbonyl (C=O) groups is 1. The number of piperazine rings is 1. The lowest BCUT2D eigenvalue weighted by Crippen LogP contribution is -2.52. The van der Waals surface area contributed by atoms with Gasteiger partial charge in [0.2, 0.25) is 5.43 Å². The molecule has 1 aliphatic carbocycles. The van der Waals surface area contributed by atoms with Gasteiger partial charge in [-0.2, -0.15) is 8.42 Å². The van der Waals surface area contributed by atoms with Gasteiger partial charge in [-0.3, -0.25) is 28.6 Å². The first-order valence-corrected chi connectivity index (χ1v) is 21.4.